The van der Waals surface area contributed by atoms with Gasteiger partial charge in [0.15, 0.2) is 5.82 Å². The van der Waals surface area contributed by atoms with Crippen molar-refractivity contribution in [3.05, 3.63) is 47.8 Å². The number of nitrogens with one attached hydrogen (secondary N) is 1. The molecular weight excluding hydrogens is 290 g/mol. The van der Waals surface area contributed by atoms with Crippen molar-refractivity contribution in [2.45, 2.75) is 31.8 Å². The second kappa shape index (κ2) is 7.12. The lowest BCUT2D eigenvalue weighted by Crippen LogP contribution is -2.11. The van der Waals surface area contributed by atoms with Gasteiger partial charge in [-0.25, -0.2) is 9.78 Å². The molecule has 1 unspecified atom stereocenters. The summed E-state index contributed by atoms with van der Waals surface area (Å²) in [4.78, 5) is 22.5. The number of pyridine rings is 1. The summed E-state index contributed by atoms with van der Waals surface area (Å²) in [5, 5.41) is 0. The first-order valence-corrected chi connectivity index (χ1v) is 7.03. The average molecular weight is 307 g/mol. The first kappa shape index (κ1) is 15.4. The molecule has 0 bridgehead atoms. The van der Waals surface area contributed by atoms with Gasteiger partial charge < -0.3 is 14.5 Å². The Balaban J connectivity index is 1.90. The van der Waals surface area contributed by atoms with Crippen LogP contribution in [0.4, 0.5) is 4.79 Å². The van der Waals surface area contributed by atoms with Gasteiger partial charge in [-0.05, 0) is 23.1 Å². The molecule has 1 atom stereocenters. The number of hydrogen-bond acceptors (Lipinski definition) is 6. The molecule has 0 aromatic carbocycles. The summed E-state index contributed by atoms with van der Waals surface area (Å²) in [7, 11) is 0. The lowest BCUT2D eigenvalue weighted by Gasteiger charge is -2.13. The van der Waals surface area contributed by atoms with Gasteiger partial charge in [0.1, 0.15) is 6.61 Å². The monoisotopic (exact) mass is 307 g/mol. The lowest BCUT2D eigenvalue weighted by molar-refractivity contribution is 0.0408. The summed E-state index contributed by atoms with van der Waals surface area (Å²) in [6.45, 7) is 4.24. The van der Waals surface area contributed by atoms with Gasteiger partial charge in [0.25, 0.3) is 0 Å². The third-order valence-corrected chi connectivity index (χ3v) is 3.22. The summed E-state index contributed by atoms with van der Waals surface area (Å²) in [6.07, 6.45) is 5.83. The predicted octanol–water partition coefficient (Wildman–Crippen LogP) is 3.21. The fraction of sp³-hybridized carbons (Fsp3) is 0.357. The SMILES string of the molecule is CC(C)c1cnccc1COC(=O)OC(S)c1ncc[nH]1. The van der Waals surface area contributed by atoms with Gasteiger partial charge in [0.2, 0.25) is 5.44 Å². The minimum atomic E-state index is -0.794. The molecule has 0 aliphatic carbocycles. The molecule has 0 radical (unpaired) electrons. The van der Waals surface area contributed by atoms with Crippen molar-refractivity contribution in [1.29, 1.82) is 0 Å². The van der Waals surface area contributed by atoms with Crippen LogP contribution in [0.2, 0.25) is 0 Å². The lowest BCUT2D eigenvalue weighted by atomic mass is 10.0. The Hall–Kier alpha value is -2.02. The van der Waals surface area contributed by atoms with Crippen LogP contribution >= 0.6 is 12.6 Å². The van der Waals surface area contributed by atoms with Crippen molar-refractivity contribution >= 4 is 18.8 Å². The third kappa shape index (κ3) is 4.22. The number of nitrogens with zero attached hydrogens (tertiary/aromatic N) is 2. The molecule has 0 saturated carbocycles. The van der Waals surface area contributed by atoms with Crippen LogP contribution < -0.4 is 0 Å². The molecular formula is C14H17N3O3S. The van der Waals surface area contributed by atoms with Crippen molar-refractivity contribution in [2.75, 3.05) is 0 Å². The van der Waals surface area contributed by atoms with Gasteiger partial charge in [-0.15, -0.1) is 12.6 Å². The van der Waals surface area contributed by atoms with Gasteiger partial charge in [-0.2, -0.15) is 0 Å². The second-order valence-electron chi connectivity index (χ2n) is 4.71. The number of hydrogen-bond donors (Lipinski definition) is 2. The number of thiol groups is 1. The van der Waals surface area contributed by atoms with Crippen molar-refractivity contribution < 1.29 is 14.3 Å². The largest absolute Gasteiger partial charge is 0.510 e. The third-order valence-electron chi connectivity index (χ3n) is 2.87. The van der Waals surface area contributed by atoms with Gasteiger partial charge in [-0.3, -0.25) is 4.98 Å². The number of carbonyl (C=O) groups is 1. The van der Waals surface area contributed by atoms with E-state index in [0.29, 0.717) is 11.7 Å². The van der Waals surface area contributed by atoms with Gasteiger partial charge >= 0.3 is 6.16 Å². The predicted molar refractivity (Wildman–Crippen MR) is 79.9 cm³/mol. The van der Waals surface area contributed by atoms with Gasteiger partial charge in [0.05, 0.1) is 0 Å². The first-order chi connectivity index (χ1) is 10.1. The van der Waals surface area contributed by atoms with Crippen LogP contribution in [0, 0.1) is 0 Å². The fourth-order valence-corrected chi connectivity index (χ4v) is 2.04. The van der Waals surface area contributed by atoms with E-state index in [4.69, 9.17) is 9.47 Å². The highest BCUT2D eigenvalue weighted by Gasteiger charge is 2.16. The Bertz CT molecular complexity index is 587. The van der Waals surface area contributed by atoms with E-state index in [1.807, 2.05) is 6.07 Å². The summed E-state index contributed by atoms with van der Waals surface area (Å²) in [6, 6.07) is 1.83. The van der Waals surface area contributed by atoms with Crippen LogP contribution in [0.1, 0.15) is 42.2 Å². The number of aromatic nitrogens is 3. The quantitative estimate of drug-likeness (QED) is 0.504. The first-order valence-electron chi connectivity index (χ1n) is 6.51. The van der Waals surface area contributed by atoms with Crippen LogP contribution in [0.15, 0.2) is 30.9 Å². The smallest absolute Gasteiger partial charge is 0.429 e. The van der Waals surface area contributed by atoms with E-state index in [1.54, 1.807) is 24.8 Å². The van der Waals surface area contributed by atoms with Crippen molar-refractivity contribution in [3.63, 3.8) is 0 Å². The minimum absolute atomic E-state index is 0.132. The molecule has 2 aromatic rings. The zero-order valence-corrected chi connectivity index (χ0v) is 12.7. The Morgan fingerprint density at radius 2 is 2.24 bits per heavy atom. The second-order valence-corrected chi connectivity index (χ2v) is 5.18. The standard InChI is InChI=1S/C14H17N3O3S/c1-9(2)11-7-15-4-3-10(11)8-19-14(18)20-13(21)12-16-5-6-17-12/h3-7,9,13,21H,8H2,1-2H3,(H,16,17). The molecule has 2 aromatic heterocycles. The topological polar surface area (TPSA) is 77.1 Å². The highest BCUT2D eigenvalue weighted by molar-refractivity contribution is 7.80. The maximum atomic E-state index is 11.7. The molecule has 0 spiro atoms. The zero-order valence-electron chi connectivity index (χ0n) is 11.8. The minimum Gasteiger partial charge on any atom is -0.429 e. The molecule has 1 N–H and O–H groups in total. The maximum Gasteiger partial charge on any atom is 0.510 e. The zero-order chi connectivity index (χ0) is 15.2. The van der Waals surface area contributed by atoms with Crippen LogP contribution in [-0.2, 0) is 16.1 Å². The van der Waals surface area contributed by atoms with E-state index in [-0.39, 0.29) is 6.61 Å². The van der Waals surface area contributed by atoms with E-state index in [2.05, 4.69) is 41.4 Å². The van der Waals surface area contributed by atoms with E-state index in [0.717, 1.165) is 11.1 Å². The summed E-state index contributed by atoms with van der Waals surface area (Å²) >= 11 is 4.13. The molecule has 112 valence electrons. The molecule has 2 heterocycles. The number of aromatic amines is 1. The number of ether oxygens (including phenoxy) is 2. The molecule has 0 amide bonds. The molecule has 0 aliphatic heterocycles. The number of carbonyl (C=O) groups excluding carboxylic acids is 1. The molecule has 6 nitrogen and oxygen atoms in total. The number of imidazole rings is 1. The van der Waals surface area contributed by atoms with Gasteiger partial charge in [0, 0.05) is 24.8 Å². The maximum absolute atomic E-state index is 11.7. The fourth-order valence-electron chi connectivity index (χ4n) is 1.82. The molecule has 0 saturated heterocycles. The Morgan fingerprint density at radius 3 is 2.90 bits per heavy atom. The highest BCUT2D eigenvalue weighted by atomic mass is 32.1. The van der Waals surface area contributed by atoms with Crippen LogP contribution in [-0.4, -0.2) is 21.1 Å². The molecule has 0 aliphatic rings. The van der Waals surface area contributed by atoms with E-state index in [1.165, 1.54) is 0 Å². The molecule has 2 rings (SSSR count). The normalized spacial score (nSPS) is 12.2. The van der Waals surface area contributed by atoms with E-state index in [9.17, 15) is 4.79 Å². The van der Waals surface area contributed by atoms with E-state index < -0.39 is 11.6 Å². The molecule has 7 heteroatoms. The summed E-state index contributed by atoms with van der Waals surface area (Å²) in [5.74, 6) is 0.746. The Labute approximate surface area is 128 Å². The van der Waals surface area contributed by atoms with Gasteiger partial charge in [-0.1, -0.05) is 13.8 Å². The average Bonchev–Trinajstić information content (AvgIpc) is 2.99. The summed E-state index contributed by atoms with van der Waals surface area (Å²) < 4.78 is 10.1. The van der Waals surface area contributed by atoms with Crippen LogP contribution in [0.25, 0.3) is 0 Å². The van der Waals surface area contributed by atoms with Crippen LogP contribution in [0.5, 0.6) is 0 Å². The van der Waals surface area contributed by atoms with E-state index >= 15 is 0 Å². The summed E-state index contributed by atoms with van der Waals surface area (Å²) in [5.41, 5.74) is 1.17. The highest BCUT2D eigenvalue weighted by Crippen LogP contribution is 2.20. The Morgan fingerprint density at radius 1 is 1.43 bits per heavy atom. The molecule has 21 heavy (non-hydrogen) atoms. The Kier molecular flexibility index (Phi) is 5.21. The number of H-pyrrole nitrogens is 1. The molecule has 0 fully saturated rings. The van der Waals surface area contributed by atoms with Crippen LogP contribution in [0.3, 0.4) is 0 Å². The van der Waals surface area contributed by atoms with Crippen molar-refractivity contribution in [3.8, 4) is 0 Å². The van der Waals surface area contributed by atoms with Crippen molar-refractivity contribution in [1.82, 2.24) is 15.0 Å². The van der Waals surface area contributed by atoms with Crippen molar-refractivity contribution in [2.24, 2.45) is 0 Å². The number of rotatable bonds is 5.